The van der Waals surface area contributed by atoms with Crippen LogP contribution in [0.5, 0.6) is 0 Å². The Hall–Kier alpha value is -1.06. The van der Waals surface area contributed by atoms with E-state index in [4.69, 9.17) is 9.84 Å². The summed E-state index contributed by atoms with van der Waals surface area (Å²) in [7, 11) is 0. The van der Waals surface area contributed by atoms with Gasteiger partial charge in [0.15, 0.2) is 0 Å². The van der Waals surface area contributed by atoms with Crippen LogP contribution in [0.2, 0.25) is 0 Å². The van der Waals surface area contributed by atoms with Crippen molar-refractivity contribution in [3.05, 3.63) is 0 Å². The van der Waals surface area contributed by atoms with E-state index in [-0.39, 0.29) is 18.5 Å². The van der Waals surface area contributed by atoms with E-state index >= 15 is 0 Å². The number of aliphatic carboxylic acids is 1. The number of carbonyl (C=O) groups excluding carboxylic acids is 1. The first-order valence-corrected chi connectivity index (χ1v) is 18.0. The highest BCUT2D eigenvalue weighted by molar-refractivity contribution is 5.70. The molecule has 4 nitrogen and oxygen atoms in total. The van der Waals surface area contributed by atoms with E-state index in [9.17, 15) is 9.59 Å². The highest BCUT2D eigenvalue weighted by Crippen LogP contribution is 2.19. The minimum absolute atomic E-state index is 0.0444. The van der Waals surface area contributed by atoms with Crippen molar-refractivity contribution in [1.82, 2.24) is 0 Å². The zero-order valence-electron chi connectivity index (χ0n) is 27.2. The Morgan fingerprint density at radius 2 is 0.750 bits per heavy atom. The van der Waals surface area contributed by atoms with E-state index in [1.54, 1.807) is 0 Å². The third-order valence-corrected chi connectivity index (χ3v) is 8.33. The Morgan fingerprint density at radius 3 is 1.07 bits per heavy atom. The highest BCUT2D eigenvalue weighted by Gasteiger charge is 2.14. The van der Waals surface area contributed by atoms with Gasteiger partial charge in [-0.2, -0.15) is 0 Å². The van der Waals surface area contributed by atoms with Crippen LogP contribution >= 0.6 is 0 Å². The van der Waals surface area contributed by atoms with Crippen LogP contribution < -0.4 is 0 Å². The normalized spacial score (nSPS) is 12.1. The molecule has 238 valence electrons. The number of hydrogen-bond acceptors (Lipinski definition) is 3. The third-order valence-electron chi connectivity index (χ3n) is 8.33. The average molecular weight is 567 g/mol. The number of hydrogen-bond donors (Lipinski definition) is 1. The van der Waals surface area contributed by atoms with Gasteiger partial charge in [0.05, 0.1) is 0 Å². The molecule has 0 rings (SSSR count). The number of carboxylic acids is 1. The predicted molar refractivity (Wildman–Crippen MR) is 172 cm³/mol. The number of carbonyl (C=O) groups is 2. The Labute approximate surface area is 250 Å². The Bertz CT molecular complexity index is 533. The second-order valence-electron chi connectivity index (χ2n) is 12.4. The molecule has 0 fully saturated rings. The van der Waals surface area contributed by atoms with Crippen molar-refractivity contribution in [1.29, 1.82) is 0 Å². The van der Waals surface area contributed by atoms with E-state index in [0.29, 0.717) is 19.3 Å². The zero-order valence-corrected chi connectivity index (χ0v) is 27.2. The first-order chi connectivity index (χ1) is 19.6. The summed E-state index contributed by atoms with van der Waals surface area (Å²) >= 11 is 0. The summed E-state index contributed by atoms with van der Waals surface area (Å²) in [5.74, 6) is -0.927. The van der Waals surface area contributed by atoms with E-state index < -0.39 is 5.97 Å². The fourth-order valence-electron chi connectivity index (χ4n) is 5.66. The fourth-order valence-corrected chi connectivity index (χ4v) is 5.66. The quantitative estimate of drug-likeness (QED) is 0.0633. The molecular formula is C36H70O4. The molecule has 1 unspecified atom stereocenters. The summed E-state index contributed by atoms with van der Waals surface area (Å²) in [5, 5.41) is 8.79. The van der Waals surface area contributed by atoms with Gasteiger partial charge in [0.2, 0.25) is 0 Å². The molecule has 0 radical (unpaired) electrons. The van der Waals surface area contributed by atoms with Gasteiger partial charge >= 0.3 is 11.9 Å². The number of ether oxygens (including phenoxy) is 1. The lowest BCUT2D eigenvalue weighted by atomic mass is 10.0. The van der Waals surface area contributed by atoms with Gasteiger partial charge in [-0.3, -0.25) is 9.59 Å². The monoisotopic (exact) mass is 567 g/mol. The van der Waals surface area contributed by atoms with Crippen molar-refractivity contribution < 1.29 is 19.4 Å². The molecule has 0 bridgehead atoms. The molecule has 0 aromatic heterocycles. The maximum Gasteiger partial charge on any atom is 0.306 e. The van der Waals surface area contributed by atoms with E-state index in [2.05, 4.69) is 13.8 Å². The lowest BCUT2D eigenvalue weighted by Gasteiger charge is -2.18. The number of esters is 1. The molecule has 0 spiro atoms. The molecule has 1 N–H and O–H groups in total. The first-order valence-electron chi connectivity index (χ1n) is 18.0. The lowest BCUT2D eigenvalue weighted by Crippen LogP contribution is -2.18. The Kier molecular flexibility index (Phi) is 31.6. The van der Waals surface area contributed by atoms with Crippen molar-refractivity contribution in [2.24, 2.45) is 0 Å². The van der Waals surface area contributed by atoms with Gasteiger partial charge in [-0.05, 0) is 38.5 Å². The zero-order chi connectivity index (χ0) is 29.4. The fraction of sp³-hybridized carbons (Fsp3) is 0.944. The second kappa shape index (κ2) is 32.5. The minimum Gasteiger partial charge on any atom is -0.481 e. The predicted octanol–water partition coefficient (Wildman–Crippen LogP) is 12.1. The molecule has 0 saturated carbocycles. The first kappa shape index (κ1) is 38.9. The van der Waals surface area contributed by atoms with Crippen molar-refractivity contribution >= 4 is 11.9 Å². The van der Waals surface area contributed by atoms with Crippen LogP contribution in [0.15, 0.2) is 0 Å². The maximum atomic E-state index is 12.4. The molecule has 0 saturated heterocycles. The van der Waals surface area contributed by atoms with Crippen LogP contribution in [0, 0.1) is 0 Å². The van der Waals surface area contributed by atoms with Crippen molar-refractivity contribution in [3.63, 3.8) is 0 Å². The van der Waals surface area contributed by atoms with Crippen LogP contribution in [0.1, 0.15) is 213 Å². The van der Waals surface area contributed by atoms with Gasteiger partial charge in [-0.1, -0.05) is 162 Å². The SMILES string of the molecule is CCCCCCCCCCCCCCCCCC(CCCCCCCCCCCC)OC(=O)CCCCC(=O)O. The van der Waals surface area contributed by atoms with Crippen molar-refractivity contribution in [2.75, 3.05) is 0 Å². The smallest absolute Gasteiger partial charge is 0.306 e. The molecule has 1 atom stereocenters. The van der Waals surface area contributed by atoms with Crippen LogP contribution in [-0.2, 0) is 14.3 Å². The Balaban J connectivity index is 3.94. The average Bonchev–Trinajstić information content (AvgIpc) is 2.94. The molecule has 0 aliphatic heterocycles. The lowest BCUT2D eigenvalue weighted by molar-refractivity contribution is -0.150. The number of unbranched alkanes of at least 4 members (excludes halogenated alkanes) is 24. The summed E-state index contributed by atoms with van der Waals surface area (Å²) in [6.45, 7) is 4.55. The van der Waals surface area contributed by atoms with Crippen LogP contribution in [0.3, 0.4) is 0 Å². The van der Waals surface area contributed by atoms with Gasteiger partial charge < -0.3 is 9.84 Å². The molecule has 0 amide bonds. The van der Waals surface area contributed by atoms with Gasteiger partial charge in [-0.15, -0.1) is 0 Å². The third kappa shape index (κ3) is 31.5. The standard InChI is InChI=1S/C36H70O4/c1-3-5-7-9-11-13-15-16-17-18-19-21-23-25-27-31-34(40-36(39)33-29-28-32-35(37)38)30-26-24-22-20-14-12-10-8-6-4-2/h34H,3-33H2,1-2H3,(H,37,38). The second-order valence-corrected chi connectivity index (χ2v) is 12.4. The summed E-state index contributed by atoms with van der Waals surface area (Å²) in [6.07, 6.45) is 37.3. The molecule has 0 aliphatic carbocycles. The molecule has 40 heavy (non-hydrogen) atoms. The van der Waals surface area contributed by atoms with Gasteiger partial charge in [0.25, 0.3) is 0 Å². The molecule has 0 aromatic carbocycles. The summed E-state index contributed by atoms with van der Waals surface area (Å²) in [6, 6.07) is 0. The van der Waals surface area contributed by atoms with Crippen LogP contribution in [0.25, 0.3) is 0 Å². The largest absolute Gasteiger partial charge is 0.481 e. The van der Waals surface area contributed by atoms with Crippen molar-refractivity contribution in [3.8, 4) is 0 Å². The number of carboxylic acid groups (broad SMARTS) is 1. The van der Waals surface area contributed by atoms with E-state index in [1.807, 2.05) is 0 Å². The topological polar surface area (TPSA) is 63.6 Å². The molecule has 4 heteroatoms. The molecular weight excluding hydrogens is 496 g/mol. The van der Waals surface area contributed by atoms with Crippen LogP contribution in [0.4, 0.5) is 0 Å². The summed E-state index contributed by atoms with van der Waals surface area (Å²) in [5.41, 5.74) is 0. The summed E-state index contributed by atoms with van der Waals surface area (Å²) in [4.78, 5) is 23.1. The van der Waals surface area contributed by atoms with E-state index in [0.717, 1.165) is 25.7 Å². The van der Waals surface area contributed by atoms with Gasteiger partial charge in [0, 0.05) is 12.8 Å². The van der Waals surface area contributed by atoms with E-state index in [1.165, 1.54) is 148 Å². The Morgan fingerprint density at radius 1 is 0.450 bits per heavy atom. The molecule has 0 aliphatic rings. The molecule has 0 heterocycles. The van der Waals surface area contributed by atoms with Gasteiger partial charge in [0.1, 0.15) is 6.10 Å². The van der Waals surface area contributed by atoms with Crippen LogP contribution in [-0.4, -0.2) is 23.1 Å². The molecule has 0 aromatic rings. The minimum atomic E-state index is -0.791. The summed E-state index contributed by atoms with van der Waals surface area (Å²) < 4.78 is 5.87. The van der Waals surface area contributed by atoms with Crippen molar-refractivity contribution in [2.45, 2.75) is 219 Å². The number of rotatable bonds is 33. The maximum absolute atomic E-state index is 12.4. The highest BCUT2D eigenvalue weighted by atomic mass is 16.5. The van der Waals surface area contributed by atoms with Gasteiger partial charge in [-0.25, -0.2) is 0 Å².